The van der Waals surface area contributed by atoms with Gasteiger partial charge in [-0.3, -0.25) is 10.1 Å². The highest BCUT2D eigenvalue weighted by Gasteiger charge is 2.11. The first-order chi connectivity index (χ1) is 17.9. The maximum atomic E-state index is 12.4. The van der Waals surface area contributed by atoms with Crippen molar-refractivity contribution in [2.24, 2.45) is 0 Å². The van der Waals surface area contributed by atoms with E-state index in [0.29, 0.717) is 27.1 Å². The number of benzene rings is 3. The lowest BCUT2D eigenvalue weighted by atomic mass is 10.1. The van der Waals surface area contributed by atoms with Crippen LogP contribution >= 0.6 is 46.8 Å². The third kappa shape index (κ3) is 5.92. The van der Waals surface area contributed by atoms with E-state index in [4.69, 9.17) is 44.8 Å². The SMILES string of the molecule is Cc1ccc(-c2nc3ccccc3s2)cc1NC(=S)NC(=O)/C=C/c1ccc(-c2ccc(Cl)cc2Cl)o1. The lowest BCUT2D eigenvalue weighted by Gasteiger charge is -2.12. The second-order valence-electron chi connectivity index (χ2n) is 8.12. The monoisotopic (exact) mass is 563 g/mol. The molecule has 5 nitrogen and oxygen atoms in total. The van der Waals surface area contributed by atoms with Gasteiger partial charge in [0.2, 0.25) is 5.91 Å². The maximum Gasteiger partial charge on any atom is 0.250 e. The standard InChI is InChI=1S/C28H19Cl2N3O2S2/c1-16-6-7-17(27-31-22-4-2-3-5-25(22)37-27)14-23(16)32-28(36)33-26(34)13-10-19-9-12-24(35-19)20-11-8-18(29)15-21(20)30/h2-15H,1H3,(H2,32,33,34,36)/b13-10+. The predicted molar refractivity (Wildman–Crippen MR) is 157 cm³/mol. The van der Waals surface area contributed by atoms with E-state index in [9.17, 15) is 4.79 Å². The second-order valence-corrected chi connectivity index (χ2v) is 10.4. The van der Waals surface area contributed by atoms with Gasteiger partial charge in [-0.05, 0) is 79.3 Å². The molecule has 0 aliphatic heterocycles. The van der Waals surface area contributed by atoms with E-state index in [0.717, 1.165) is 32.0 Å². The molecule has 0 unspecified atom stereocenters. The smallest absolute Gasteiger partial charge is 0.250 e. The Kier molecular flexibility index (Phi) is 7.39. The zero-order valence-corrected chi connectivity index (χ0v) is 22.6. The molecule has 0 spiro atoms. The quantitative estimate of drug-likeness (QED) is 0.166. The first-order valence-electron chi connectivity index (χ1n) is 11.2. The van der Waals surface area contributed by atoms with Gasteiger partial charge < -0.3 is 9.73 Å². The Morgan fingerprint density at radius 2 is 1.89 bits per heavy atom. The summed E-state index contributed by atoms with van der Waals surface area (Å²) in [5.41, 5.74) is 4.43. The molecule has 1 amide bonds. The van der Waals surface area contributed by atoms with Crippen LogP contribution in [-0.2, 0) is 4.79 Å². The lowest BCUT2D eigenvalue weighted by Crippen LogP contribution is -2.33. The van der Waals surface area contributed by atoms with Gasteiger partial charge in [-0.25, -0.2) is 4.98 Å². The van der Waals surface area contributed by atoms with E-state index in [1.165, 1.54) is 6.08 Å². The number of carbonyl (C=O) groups excluding carboxylic acids is 1. The van der Waals surface area contributed by atoms with Crippen LogP contribution in [0.2, 0.25) is 10.0 Å². The Morgan fingerprint density at radius 1 is 1.05 bits per heavy atom. The fourth-order valence-corrected chi connectivity index (χ4v) is 5.30. The third-order valence-corrected chi connectivity index (χ3v) is 7.32. The lowest BCUT2D eigenvalue weighted by molar-refractivity contribution is -0.115. The van der Waals surface area contributed by atoms with Crippen molar-refractivity contribution in [3.05, 3.63) is 100 Å². The van der Waals surface area contributed by atoms with Crippen molar-refractivity contribution in [2.75, 3.05) is 5.32 Å². The van der Waals surface area contributed by atoms with Gasteiger partial charge in [0.25, 0.3) is 0 Å². The van der Waals surface area contributed by atoms with Crippen LogP contribution in [0.1, 0.15) is 11.3 Å². The predicted octanol–water partition coefficient (Wildman–Crippen LogP) is 8.36. The fraction of sp³-hybridized carbons (Fsp3) is 0.0357. The van der Waals surface area contributed by atoms with Crippen LogP contribution < -0.4 is 10.6 Å². The number of fused-ring (bicyclic) bond motifs is 1. The van der Waals surface area contributed by atoms with E-state index >= 15 is 0 Å². The molecule has 0 saturated carbocycles. The molecule has 3 aromatic carbocycles. The number of nitrogens with one attached hydrogen (secondary N) is 2. The molecule has 2 heterocycles. The summed E-state index contributed by atoms with van der Waals surface area (Å²) in [6.45, 7) is 1.97. The van der Waals surface area contributed by atoms with Gasteiger partial charge in [-0.1, -0.05) is 47.5 Å². The van der Waals surface area contributed by atoms with Crippen molar-refractivity contribution < 1.29 is 9.21 Å². The molecule has 2 N–H and O–H groups in total. The molecule has 9 heteroatoms. The number of thiocarbonyl (C=S) groups is 1. The zero-order chi connectivity index (χ0) is 25.9. The number of amides is 1. The number of aryl methyl sites for hydroxylation is 1. The van der Waals surface area contributed by atoms with Crippen molar-refractivity contribution in [1.82, 2.24) is 10.3 Å². The highest BCUT2D eigenvalue weighted by atomic mass is 35.5. The Labute approximate surface area is 232 Å². The number of furan rings is 1. The Balaban J connectivity index is 1.23. The minimum absolute atomic E-state index is 0.187. The van der Waals surface area contributed by atoms with Gasteiger partial charge >= 0.3 is 0 Å². The topological polar surface area (TPSA) is 67.2 Å². The molecule has 5 aromatic rings. The van der Waals surface area contributed by atoms with Crippen LogP contribution in [0.3, 0.4) is 0 Å². The van der Waals surface area contributed by atoms with Crippen molar-refractivity contribution in [2.45, 2.75) is 6.92 Å². The number of para-hydroxylation sites is 1. The van der Waals surface area contributed by atoms with Gasteiger partial charge in [0.15, 0.2) is 5.11 Å². The largest absolute Gasteiger partial charge is 0.457 e. The highest BCUT2D eigenvalue weighted by Crippen LogP contribution is 2.33. The fourth-order valence-electron chi connectivity index (χ4n) is 3.63. The van der Waals surface area contributed by atoms with E-state index < -0.39 is 0 Å². The molecule has 0 aliphatic rings. The Hall–Kier alpha value is -3.49. The van der Waals surface area contributed by atoms with Crippen LogP contribution in [0.4, 0.5) is 5.69 Å². The molecule has 37 heavy (non-hydrogen) atoms. The number of halogens is 2. The summed E-state index contributed by atoms with van der Waals surface area (Å²) in [7, 11) is 0. The van der Waals surface area contributed by atoms with Crippen LogP contribution in [0, 0.1) is 6.92 Å². The number of anilines is 1. The number of hydrogen-bond acceptors (Lipinski definition) is 5. The summed E-state index contributed by atoms with van der Waals surface area (Å²) < 4.78 is 6.91. The zero-order valence-electron chi connectivity index (χ0n) is 19.4. The summed E-state index contributed by atoms with van der Waals surface area (Å²) in [6.07, 6.45) is 2.91. The molecule has 0 fully saturated rings. The molecular formula is C28H19Cl2N3O2S2. The molecule has 5 rings (SSSR count). The van der Waals surface area contributed by atoms with Gasteiger partial charge in [0.1, 0.15) is 16.5 Å². The third-order valence-electron chi connectivity index (χ3n) is 5.49. The summed E-state index contributed by atoms with van der Waals surface area (Å²) in [4.78, 5) is 17.2. The molecule has 0 radical (unpaired) electrons. The minimum atomic E-state index is -0.389. The molecule has 0 aliphatic carbocycles. The second kappa shape index (κ2) is 10.9. The van der Waals surface area contributed by atoms with Crippen LogP contribution in [0.15, 0.2) is 83.3 Å². The highest BCUT2D eigenvalue weighted by molar-refractivity contribution is 7.80. The van der Waals surface area contributed by atoms with Crippen LogP contribution in [-0.4, -0.2) is 16.0 Å². The van der Waals surface area contributed by atoms with Gasteiger partial charge in [-0.2, -0.15) is 0 Å². The molecule has 0 bridgehead atoms. The minimum Gasteiger partial charge on any atom is -0.457 e. The first kappa shape index (κ1) is 25.2. The molecule has 0 atom stereocenters. The number of nitrogens with zero attached hydrogens (tertiary/aromatic N) is 1. The average Bonchev–Trinajstić information content (AvgIpc) is 3.51. The Morgan fingerprint density at radius 3 is 2.70 bits per heavy atom. The molecule has 184 valence electrons. The van der Waals surface area contributed by atoms with Gasteiger partial charge in [0.05, 0.1) is 15.2 Å². The van der Waals surface area contributed by atoms with Gasteiger partial charge in [0, 0.05) is 27.9 Å². The van der Waals surface area contributed by atoms with Crippen molar-refractivity contribution in [3.8, 4) is 21.9 Å². The Bertz CT molecular complexity index is 1640. The average molecular weight is 565 g/mol. The summed E-state index contributed by atoms with van der Waals surface area (Å²) in [5, 5.41) is 7.90. The molecule has 0 saturated heterocycles. The number of rotatable bonds is 5. The van der Waals surface area contributed by atoms with Crippen LogP contribution in [0.5, 0.6) is 0 Å². The number of aromatic nitrogens is 1. The van der Waals surface area contributed by atoms with E-state index in [1.54, 1.807) is 47.7 Å². The normalized spacial score (nSPS) is 11.2. The van der Waals surface area contributed by atoms with Crippen molar-refractivity contribution >= 4 is 79.8 Å². The van der Waals surface area contributed by atoms with Crippen molar-refractivity contribution in [3.63, 3.8) is 0 Å². The summed E-state index contributed by atoms with van der Waals surface area (Å²) >= 11 is 19.2. The molecule has 2 aromatic heterocycles. The first-order valence-corrected chi connectivity index (χ1v) is 13.2. The van der Waals surface area contributed by atoms with Gasteiger partial charge in [-0.15, -0.1) is 11.3 Å². The van der Waals surface area contributed by atoms with Crippen molar-refractivity contribution in [1.29, 1.82) is 0 Å². The molecular weight excluding hydrogens is 545 g/mol. The van der Waals surface area contributed by atoms with E-state index in [1.807, 2.05) is 43.3 Å². The maximum absolute atomic E-state index is 12.4. The number of carbonyl (C=O) groups is 1. The number of thiazole rings is 1. The van der Waals surface area contributed by atoms with E-state index in [2.05, 4.69) is 16.7 Å². The summed E-state index contributed by atoms with van der Waals surface area (Å²) in [5.74, 6) is 0.678. The number of hydrogen-bond donors (Lipinski definition) is 2. The van der Waals surface area contributed by atoms with E-state index in [-0.39, 0.29) is 11.0 Å². The summed E-state index contributed by atoms with van der Waals surface area (Å²) in [6, 6.07) is 22.7. The van der Waals surface area contributed by atoms with Crippen LogP contribution in [0.25, 0.3) is 38.2 Å².